The van der Waals surface area contributed by atoms with Crippen molar-refractivity contribution in [3.63, 3.8) is 0 Å². The Morgan fingerprint density at radius 3 is 2.69 bits per heavy atom. The van der Waals surface area contributed by atoms with E-state index in [1.165, 1.54) is 19.3 Å². The molecule has 5 unspecified atom stereocenters. The highest BCUT2D eigenvalue weighted by Crippen LogP contribution is 2.55. The number of likely N-dealkylation sites (N-methyl/N-ethyl adjacent to an activating group) is 1. The topological polar surface area (TPSA) is 20.3 Å². The lowest BCUT2D eigenvalue weighted by atomic mass is 9.84. The monoisotopic (exact) mass is 179 g/mol. The summed E-state index contributed by atoms with van der Waals surface area (Å²) in [5.74, 6) is 2.74. The number of hydrogen-bond acceptors (Lipinski definition) is 2. The lowest BCUT2D eigenvalue weighted by molar-refractivity contribution is -0.111. The Morgan fingerprint density at radius 2 is 2.00 bits per heavy atom. The maximum atomic E-state index is 10.8. The molecule has 0 aromatic heterocycles. The van der Waals surface area contributed by atoms with E-state index in [0.717, 1.165) is 36.5 Å². The van der Waals surface area contributed by atoms with E-state index >= 15 is 0 Å². The van der Waals surface area contributed by atoms with Crippen LogP contribution in [0, 0.1) is 17.8 Å². The Morgan fingerprint density at radius 1 is 1.23 bits per heavy atom. The first-order valence-electron chi connectivity index (χ1n) is 5.48. The first kappa shape index (κ1) is 7.98. The van der Waals surface area contributed by atoms with Crippen molar-refractivity contribution >= 4 is 6.29 Å². The van der Waals surface area contributed by atoms with Gasteiger partial charge in [0, 0.05) is 6.04 Å². The lowest BCUT2D eigenvalue weighted by Gasteiger charge is -2.29. The zero-order valence-corrected chi connectivity index (χ0v) is 8.15. The van der Waals surface area contributed by atoms with Gasteiger partial charge in [-0.25, -0.2) is 0 Å². The van der Waals surface area contributed by atoms with E-state index in [4.69, 9.17) is 0 Å². The Bertz CT molecular complexity index is 240. The lowest BCUT2D eigenvalue weighted by Crippen LogP contribution is -2.38. The molecule has 2 heteroatoms. The molecule has 0 spiro atoms. The quantitative estimate of drug-likeness (QED) is 0.566. The van der Waals surface area contributed by atoms with Crippen LogP contribution in [0.2, 0.25) is 0 Å². The summed E-state index contributed by atoms with van der Waals surface area (Å²) >= 11 is 0. The molecule has 3 fully saturated rings. The molecule has 0 aromatic rings. The highest BCUT2D eigenvalue weighted by molar-refractivity contribution is 5.58. The first-order chi connectivity index (χ1) is 6.31. The number of carbonyl (C=O) groups is 1. The van der Waals surface area contributed by atoms with Crippen molar-refractivity contribution in [1.29, 1.82) is 0 Å². The number of fused-ring (bicyclic) bond motifs is 5. The molecule has 2 bridgehead atoms. The minimum absolute atomic E-state index is 0.235. The normalized spacial score (nSPS) is 54.1. The average molecular weight is 179 g/mol. The van der Waals surface area contributed by atoms with Gasteiger partial charge in [-0.05, 0) is 50.5 Å². The fraction of sp³-hybridized carbons (Fsp3) is 0.909. The van der Waals surface area contributed by atoms with Crippen molar-refractivity contribution in [3.8, 4) is 0 Å². The summed E-state index contributed by atoms with van der Waals surface area (Å²) in [6.07, 6.45) is 6.60. The molecule has 5 atom stereocenters. The summed E-state index contributed by atoms with van der Waals surface area (Å²) in [7, 11) is 2.14. The SMILES string of the molecule is CN1C(C=O)CC2C3CCC(C3)C21. The van der Waals surface area contributed by atoms with E-state index in [-0.39, 0.29) is 6.04 Å². The van der Waals surface area contributed by atoms with Crippen LogP contribution in [0.25, 0.3) is 0 Å². The van der Waals surface area contributed by atoms with E-state index in [9.17, 15) is 4.79 Å². The van der Waals surface area contributed by atoms with Crippen LogP contribution in [0.4, 0.5) is 0 Å². The average Bonchev–Trinajstić information content (AvgIpc) is 2.76. The summed E-state index contributed by atoms with van der Waals surface area (Å²) in [5, 5.41) is 0. The number of hydrogen-bond donors (Lipinski definition) is 0. The minimum atomic E-state index is 0.235. The summed E-state index contributed by atoms with van der Waals surface area (Å²) in [6, 6.07) is 0.993. The molecular formula is C11H17NO. The first-order valence-corrected chi connectivity index (χ1v) is 5.48. The van der Waals surface area contributed by atoms with Gasteiger partial charge in [0.15, 0.2) is 0 Å². The molecule has 0 radical (unpaired) electrons. The molecule has 2 aliphatic carbocycles. The van der Waals surface area contributed by atoms with Crippen LogP contribution in [0.3, 0.4) is 0 Å². The van der Waals surface area contributed by atoms with Crippen molar-refractivity contribution < 1.29 is 4.79 Å². The molecule has 2 nitrogen and oxygen atoms in total. The van der Waals surface area contributed by atoms with Gasteiger partial charge in [-0.2, -0.15) is 0 Å². The second-order valence-corrected chi connectivity index (χ2v) is 5.09. The van der Waals surface area contributed by atoms with E-state index in [0.29, 0.717) is 0 Å². The number of carbonyl (C=O) groups excluding carboxylic acids is 1. The van der Waals surface area contributed by atoms with Crippen molar-refractivity contribution in [2.24, 2.45) is 17.8 Å². The van der Waals surface area contributed by atoms with Gasteiger partial charge in [0.05, 0.1) is 6.04 Å². The van der Waals surface area contributed by atoms with Gasteiger partial charge in [0.25, 0.3) is 0 Å². The van der Waals surface area contributed by atoms with E-state index in [1.807, 2.05) is 0 Å². The second kappa shape index (κ2) is 2.57. The highest BCUT2D eigenvalue weighted by Gasteiger charge is 2.54. The summed E-state index contributed by atoms with van der Waals surface area (Å²) in [4.78, 5) is 13.2. The van der Waals surface area contributed by atoms with Gasteiger partial charge in [-0.15, -0.1) is 0 Å². The van der Waals surface area contributed by atoms with Crippen LogP contribution in [0.1, 0.15) is 25.7 Å². The Hall–Kier alpha value is -0.370. The van der Waals surface area contributed by atoms with Gasteiger partial charge >= 0.3 is 0 Å². The van der Waals surface area contributed by atoms with Crippen molar-refractivity contribution in [2.45, 2.75) is 37.8 Å². The molecular weight excluding hydrogens is 162 g/mol. The number of aldehydes is 1. The zero-order chi connectivity index (χ0) is 9.00. The molecule has 13 heavy (non-hydrogen) atoms. The molecule has 3 aliphatic rings. The molecule has 0 aromatic carbocycles. The largest absolute Gasteiger partial charge is 0.302 e. The van der Waals surface area contributed by atoms with E-state index < -0.39 is 0 Å². The van der Waals surface area contributed by atoms with Gasteiger partial charge in [0.1, 0.15) is 6.29 Å². The maximum Gasteiger partial charge on any atom is 0.137 e. The molecule has 0 amide bonds. The van der Waals surface area contributed by atoms with Crippen LogP contribution < -0.4 is 0 Å². The molecule has 1 saturated heterocycles. The smallest absolute Gasteiger partial charge is 0.137 e. The van der Waals surface area contributed by atoms with Crippen LogP contribution in [-0.4, -0.2) is 30.3 Å². The standard InChI is InChI=1S/C11H17NO/c1-12-9(6-13)5-10-7-2-3-8(4-7)11(10)12/h6-11H,2-5H2,1H3. The number of nitrogens with zero attached hydrogens (tertiary/aromatic N) is 1. The predicted octanol–water partition coefficient (Wildman–Crippen LogP) is 1.30. The molecule has 2 saturated carbocycles. The predicted molar refractivity (Wildman–Crippen MR) is 50.3 cm³/mol. The van der Waals surface area contributed by atoms with Crippen LogP contribution >= 0.6 is 0 Å². The molecule has 1 aliphatic heterocycles. The Labute approximate surface area is 79.3 Å². The van der Waals surface area contributed by atoms with Crippen LogP contribution in [0.5, 0.6) is 0 Å². The molecule has 72 valence electrons. The minimum Gasteiger partial charge on any atom is -0.302 e. The van der Waals surface area contributed by atoms with Crippen molar-refractivity contribution in [1.82, 2.24) is 4.90 Å². The van der Waals surface area contributed by atoms with Gasteiger partial charge in [-0.3, -0.25) is 4.90 Å². The fourth-order valence-electron chi connectivity index (χ4n) is 4.16. The molecule has 0 N–H and O–H groups in total. The fourth-order valence-corrected chi connectivity index (χ4v) is 4.16. The maximum absolute atomic E-state index is 10.8. The van der Waals surface area contributed by atoms with Crippen LogP contribution in [0.15, 0.2) is 0 Å². The van der Waals surface area contributed by atoms with Crippen molar-refractivity contribution in [2.75, 3.05) is 7.05 Å². The van der Waals surface area contributed by atoms with Gasteiger partial charge in [-0.1, -0.05) is 0 Å². The van der Waals surface area contributed by atoms with Crippen LogP contribution in [-0.2, 0) is 4.79 Å². The van der Waals surface area contributed by atoms with E-state index in [2.05, 4.69) is 11.9 Å². The highest BCUT2D eigenvalue weighted by atomic mass is 16.1. The van der Waals surface area contributed by atoms with E-state index in [1.54, 1.807) is 0 Å². The summed E-state index contributed by atoms with van der Waals surface area (Å²) < 4.78 is 0. The summed E-state index contributed by atoms with van der Waals surface area (Å²) in [6.45, 7) is 0. The molecule has 1 heterocycles. The third-order valence-electron chi connectivity index (χ3n) is 4.71. The Kier molecular flexibility index (Phi) is 1.58. The third kappa shape index (κ3) is 0.899. The zero-order valence-electron chi connectivity index (χ0n) is 8.15. The molecule has 3 rings (SSSR count). The summed E-state index contributed by atoms with van der Waals surface area (Å²) in [5.41, 5.74) is 0. The Balaban J connectivity index is 1.88. The van der Waals surface area contributed by atoms with Gasteiger partial charge < -0.3 is 4.79 Å². The second-order valence-electron chi connectivity index (χ2n) is 5.09. The van der Waals surface area contributed by atoms with Crippen molar-refractivity contribution in [3.05, 3.63) is 0 Å². The number of likely N-dealkylation sites (tertiary alicyclic amines) is 1. The number of rotatable bonds is 1. The van der Waals surface area contributed by atoms with Gasteiger partial charge in [0.2, 0.25) is 0 Å². The third-order valence-corrected chi connectivity index (χ3v) is 4.71.